The van der Waals surface area contributed by atoms with Gasteiger partial charge in [-0.25, -0.2) is 13.1 Å². The monoisotopic (exact) mass is 427 g/mol. The topological polar surface area (TPSA) is 111 Å². The zero-order valence-corrected chi connectivity index (χ0v) is 17.2. The van der Waals surface area contributed by atoms with Crippen molar-refractivity contribution >= 4 is 27.5 Å². The Labute approximate surface area is 168 Å². The second-order valence-corrected chi connectivity index (χ2v) is 8.76. The number of ether oxygens (including phenoxy) is 1. The second-order valence-electron chi connectivity index (χ2n) is 6.62. The zero-order valence-electron chi connectivity index (χ0n) is 15.6. The Balaban J connectivity index is 1.71. The van der Waals surface area contributed by atoms with Gasteiger partial charge in [0.25, 0.3) is 5.91 Å². The number of hydrogen-bond donors (Lipinski definition) is 2. The lowest BCUT2D eigenvalue weighted by atomic mass is 10.2. The molecule has 1 aromatic heterocycles. The van der Waals surface area contributed by atoms with E-state index in [0.717, 1.165) is 18.4 Å². The summed E-state index contributed by atoms with van der Waals surface area (Å²) in [5.41, 5.74) is 1.66. The average molecular weight is 428 g/mol. The summed E-state index contributed by atoms with van der Waals surface area (Å²) in [6, 6.07) is 4.14. The number of carbonyl (C=O) groups excluding carboxylic acids is 1. The largest absolute Gasteiger partial charge is 0.377 e. The van der Waals surface area contributed by atoms with E-state index in [1.54, 1.807) is 13.8 Å². The average Bonchev–Trinajstić information content (AvgIpc) is 3.29. The maximum atomic E-state index is 12.6. The highest BCUT2D eigenvalue weighted by atomic mass is 35.5. The highest BCUT2D eigenvalue weighted by Crippen LogP contribution is 2.23. The van der Waals surface area contributed by atoms with Crippen LogP contribution in [0.5, 0.6) is 0 Å². The lowest BCUT2D eigenvalue weighted by molar-refractivity contribution is 0.0950. The van der Waals surface area contributed by atoms with Gasteiger partial charge in [-0.05, 0) is 44.9 Å². The highest BCUT2D eigenvalue weighted by molar-refractivity contribution is 7.89. The Morgan fingerprint density at radius 2 is 2.14 bits per heavy atom. The third-order valence-electron chi connectivity index (χ3n) is 4.61. The summed E-state index contributed by atoms with van der Waals surface area (Å²) in [5.74, 6) is 0.197. The molecule has 1 aliphatic rings. The molecule has 10 heteroatoms. The SMILES string of the molecule is Cc1noc(C)c1CNC(=O)c1ccc(Cl)c(S(=O)(=O)NCC2CCCO2)c1. The normalized spacial score (nSPS) is 17.0. The van der Waals surface area contributed by atoms with Crippen LogP contribution in [0.1, 0.15) is 40.2 Å². The van der Waals surface area contributed by atoms with Gasteiger partial charge in [0.1, 0.15) is 10.7 Å². The van der Waals surface area contributed by atoms with Gasteiger partial charge in [0.05, 0.1) is 16.8 Å². The van der Waals surface area contributed by atoms with Gasteiger partial charge in [0.15, 0.2) is 0 Å². The van der Waals surface area contributed by atoms with Gasteiger partial charge in [0, 0.05) is 30.8 Å². The second kappa shape index (κ2) is 8.60. The van der Waals surface area contributed by atoms with Crippen molar-refractivity contribution in [3.8, 4) is 0 Å². The zero-order chi connectivity index (χ0) is 20.3. The molecule has 1 aliphatic heterocycles. The maximum Gasteiger partial charge on any atom is 0.251 e. The summed E-state index contributed by atoms with van der Waals surface area (Å²) in [4.78, 5) is 12.3. The summed E-state index contributed by atoms with van der Waals surface area (Å²) in [6.07, 6.45) is 1.57. The van der Waals surface area contributed by atoms with Crippen molar-refractivity contribution in [1.29, 1.82) is 0 Å². The molecule has 0 saturated carbocycles. The number of sulfonamides is 1. The molecule has 28 heavy (non-hydrogen) atoms. The van der Waals surface area contributed by atoms with Crippen LogP contribution in [0.15, 0.2) is 27.6 Å². The summed E-state index contributed by atoms with van der Waals surface area (Å²) >= 11 is 6.08. The first-order valence-electron chi connectivity index (χ1n) is 8.88. The van der Waals surface area contributed by atoms with Crippen molar-refractivity contribution in [2.45, 2.75) is 44.2 Å². The molecule has 0 radical (unpaired) electrons. The van der Waals surface area contributed by atoms with Gasteiger partial charge < -0.3 is 14.6 Å². The van der Waals surface area contributed by atoms with E-state index < -0.39 is 15.9 Å². The van der Waals surface area contributed by atoms with Crippen LogP contribution in [0.25, 0.3) is 0 Å². The van der Waals surface area contributed by atoms with E-state index in [4.69, 9.17) is 20.9 Å². The highest BCUT2D eigenvalue weighted by Gasteiger charge is 2.23. The van der Waals surface area contributed by atoms with Crippen LogP contribution >= 0.6 is 11.6 Å². The molecule has 2 heterocycles. The minimum absolute atomic E-state index is 0.0436. The van der Waals surface area contributed by atoms with E-state index in [0.29, 0.717) is 18.1 Å². The van der Waals surface area contributed by atoms with Crippen molar-refractivity contribution in [3.05, 3.63) is 45.8 Å². The fourth-order valence-electron chi connectivity index (χ4n) is 2.96. The van der Waals surface area contributed by atoms with E-state index in [9.17, 15) is 13.2 Å². The molecule has 1 amide bonds. The minimum atomic E-state index is -3.87. The number of amides is 1. The number of carbonyl (C=O) groups is 1. The lowest BCUT2D eigenvalue weighted by Crippen LogP contribution is -2.32. The molecule has 8 nitrogen and oxygen atoms in total. The molecule has 1 saturated heterocycles. The third kappa shape index (κ3) is 4.72. The molecule has 1 unspecified atom stereocenters. The quantitative estimate of drug-likeness (QED) is 0.701. The Morgan fingerprint density at radius 1 is 1.36 bits per heavy atom. The van der Waals surface area contributed by atoms with Gasteiger partial charge in [0.2, 0.25) is 10.0 Å². The molecule has 1 fully saturated rings. The Kier molecular flexibility index (Phi) is 6.39. The first-order valence-corrected chi connectivity index (χ1v) is 10.7. The molecule has 152 valence electrons. The van der Waals surface area contributed by atoms with Crippen molar-refractivity contribution in [2.24, 2.45) is 0 Å². The van der Waals surface area contributed by atoms with E-state index in [1.807, 2.05) is 0 Å². The molecular formula is C18H22ClN3O5S. The molecular weight excluding hydrogens is 406 g/mol. The number of benzene rings is 1. The van der Waals surface area contributed by atoms with E-state index in [-0.39, 0.29) is 34.7 Å². The van der Waals surface area contributed by atoms with Gasteiger partial charge in [-0.15, -0.1) is 0 Å². The summed E-state index contributed by atoms with van der Waals surface area (Å²) in [7, 11) is -3.87. The Hall–Kier alpha value is -1.94. The number of rotatable bonds is 7. The number of hydrogen-bond acceptors (Lipinski definition) is 6. The molecule has 0 spiro atoms. The molecule has 0 bridgehead atoms. The predicted octanol–water partition coefficient (Wildman–Crippen LogP) is 2.33. The van der Waals surface area contributed by atoms with Crippen LogP contribution in [-0.2, 0) is 21.3 Å². The van der Waals surface area contributed by atoms with Gasteiger partial charge in [-0.2, -0.15) is 0 Å². The third-order valence-corrected chi connectivity index (χ3v) is 6.52. The fourth-order valence-corrected chi connectivity index (χ4v) is 4.55. The Morgan fingerprint density at radius 3 is 2.79 bits per heavy atom. The molecule has 2 aromatic rings. The number of halogens is 1. The van der Waals surface area contributed by atoms with Crippen LogP contribution in [0.2, 0.25) is 5.02 Å². The van der Waals surface area contributed by atoms with Crippen molar-refractivity contribution in [3.63, 3.8) is 0 Å². The van der Waals surface area contributed by atoms with Gasteiger partial charge in [-0.1, -0.05) is 16.8 Å². The van der Waals surface area contributed by atoms with Gasteiger partial charge >= 0.3 is 0 Å². The van der Waals surface area contributed by atoms with Crippen molar-refractivity contribution in [2.75, 3.05) is 13.2 Å². The first kappa shape index (κ1) is 20.8. The molecule has 2 N–H and O–H groups in total. The van der Waals surface area contributed by atoms with Crippen molar-refractivity contribution in [1.82, 2.24) is 15.2 Å². The number of aryl methyl sites for hydroxylation is 2. The minimum Gasteiger partial charge on any atom is -0.377 e. The summed E-state index contributed by atoms with van der Waals surface area (Å²) in [6.45, 7) is 4.57. The van der Waals surface area contributed by atoms with Crippen LogP contribution in [0.4, 0.5) is 0 Å². The number of nitrogens with zero attached hydrogens (tertiary/aromatic N) is 1. The molecule has 1 atom stereocenters. The van der Waals surface area contributed by atoms with Crippen molar-refractivity contribution < 1.29 is 22.5 Å². The predicted molar refractivity (Wildman–Crippen MR) is 103 cm³/mol. The summed E-state index contributed by atoms with van der Waals surface area (Å²) in [5, 5.41) is 6.62. The fraction of sp³-hybridized carbons (Fsp3) is 0.444. The van der Waals surface area contributed by atoms with Crippen LogP contribution < -0.4 is 10.0 Å². The van der Waals surface area contributed by atoms with Gasteiger partial charge in [-0.3, -0.25) is 4.79 Å². The molecule has 1 aromatic carbocycles. The molecule has 3 rings (SSSR count). The number of nitrogens with one attached hydrogen (secondary N) is 2. The van der Waals surface area contributed by atoms with Crippen LogP contribution in [0, 0.1) is 13.8 Å². The maximum absolute atomic E-state index is 12.6. The van der Waals surface area contributed by atoms with Crippen LogP contribution in [-0.4, -0.2) is 38.7 Å². The van der Waals surface area contributed by atoms with E-state index in [2.05, 4.69) is 15.2 Å². The van der Waals surface area contributed by atoms with Crippen LogP contribution in [0.3, 0.4) is 0 Å². The lowest BCUT2D eigenvalue weighted by Gasteiger charge is -2.13. The smallest absolute Gasteiger partial charge is 0.251 e. The standard InChI is InChI=1S/C18H22ClN3O5S/c1-11-15(12(2)27-22-11)10-20-18(23)13-5-6-16(19)17(8-13)28(24,25)21-9-14-4-3-7-26-14/h5-6,8,14,21H,3-4,7,9-10H2,1-2H3,(H,20,23). The number of aromatic nitrogens is 1. The Bertz CT molecular complexity index is 948. The first-order chi connectivity index (χ1) is 13.3. The van der Waals surface area contributed by atoms with E-state index >= 15 is 0 Å². The summed E-state index contributed by atoms with van der Waals surface area (Å²) < 4.78 is 38.2. The molecule has 0 aliphatic carbocycles. The van der Waals surface area contributed by atoms with E-state index in [1.165, 1.54) is 18.2 Å².